The Balaban J connectivity index is 0.000000614. The van der Waals surface area contributed by atoms with Crippen LogP contribution < -0.4 is 0 Å². The third kappa shape index (κ3) is 9.77. The van der Waals surface area contributed by atoms with E-state index in [1.807, 2.05) is 60.7 Å². The van der Waals surface area contributed by atoms with Gasteiger partial charge in [0, 0.05) is 16.9 Å². The first-order valence-electron chi connectivity index (χ1n) is 8.69. The molecule has 0 amide bonds. The highest BCUT2D eigenvalue weighted by molar-refractivity contribution is 8.19. The molecule has 2 nitrogen and oxygen atoms in total. The van der Waals surface area contributed by atoms with E-state index in [0.29, 0.717) is 11.1 Å². The number of thioether (sulfide) groups is 3. The molecule has 0 radical (unpaired) electrons. The molecule has 1 aromatic heterocycles. The van der Waals surface area contributed by atoms with Crippen molar-refractivity contribution in [1.29, 1.82) is 0 Å². The lowest BCUT2D eigenvalue weighted by Gasteiger charge is -1.98. The van der Waals surface area contributed by atoms with E-state index >= 15 is 0 Å². The number of carbonyl (C=O) groups excluding carboxylic acids is 2. The zero-order valence-corrected chi connectivity index (χ0v) is 20.0. The number of rotatable bonds is 6. The van der Waals surface area contributed by atoms with Gasteiger partial charge in [-0.05, 0) is 23.5 Å². The van der Waals surface area contributed by atoms with Crippen molar-refractivity contribution in [3.63, 3.8) is 0 Å². The van der Waals surface area contributed by atoms with Gasteiger partial charge in [-0.25, -0.2) is 0 Å². The maximum absolute atomic E-state index is 12.6. The molecule has 2 aromatic carbocycles. The van der Waals surface area contributed by atoms with Crippen LogP contribution in [0.25, 0.3) is 0 Å². The molecule has 1 heterocycles. The zero-order chi connectivity index (χ0) is 22.9. The second kappa shape index (κ2) is 12.6. The predicted octanol–water partition coefficient (Wildman–Crippen LogP) is 8.37. The molecule has 31 heavy (non-hydrogen) atoms. The fourth-order valence-electron chi connectivity index (χ4n) is 1.99. The van der Waals surface area contributed by atoms with Crippen molar-refractivity contribution in [3.05, 3.63) is 71.8 Å². The topological polar surface area (TPSA) is 34.1 Å². The van der Waals surface area contributed by atoms with Gasteiger partial charge in [-0.2, -0.15) is 0 Å². The van der Waals surface area contributed by atoms with Gasteiger partial charge in [-0.1, -0.05) is 79.3 Å². The van der Waals surface area contributed by atoms with Crippen LogP contribution >= 0.6 is 58.0 Å². The number of carbonyl (C=O) groups is 2. The molecule has 3 aromatic rings. The van der Waals surface area contributed by atoms with Gasteiger partial charge in [0.15, 0.2) is 0 Å². The van der Waals surface area contributed by atoms with E-state index in [1.165, 1.54) is 27.0 Å². The normalized spacial score (nSPS) is 10.9. The van der Waals surface area contributed by atoms with E-state index in [-0.39, 0.29) is 10.2 Å². The lowest BCUT2D eigenvalue weighted by atomic mass is 10.2. The van der Waals surface area contributed by atoms with Gasteiger partial charge >= 0.3 is 10.8 Å². The highest BCUT2D eigenvalue weighted by Gasteiger charge is 2.29. The van der Waals surface area contributed by atoms with Crippen LogP contribution in [0.2, 0.25) is 0 Å². The van der Waals surface area contributed by atoms with Crippen LogP contribution in [-0.4, -0.2) is 23.2 Å². The summed E-state index contributed by atoms with van der Waals surface area (Å²) in [5, 5.41) is 0.00316. The fraction of sp³-hybridized carbons (Fsp3) is 0.105. The van der Waals surface area contributed by atoms with Gasteiger partial charge in [0.25, 0.3) is 0 Å². The third-order valence-electron chi connectivity index (χ3n) is 3.17. The molecule has 0 aliphatic heterocycles. The minimum atomic E-state index is -6.00. The van der Waals surface area contributed by atoms with Gasteiger partial charge in [0.05, 0.1) is 0 Å². The molecule has 0 saturated heterocycles. The highest BCUT2D eigenvalue weighted by Crippen LogP contribution is 2.47. The van der Waals surface area contributed by atoms with Gasteiger partial charge in [0.2, 0.25) is 18.6 Å². The molecule has 0 aliphatic rings. The van der Waals surface area contributed by atoms with Gasteiger partial charge < -0.3 is 17.3 Å². The first-order chi connectivity index (χ1) is 14.7. The second-order valence-corrected chi connectivity index (χ2v) is 12.0. The standard InChI is InChI=1S/C19H15O2S5.BF4/c1-2-22-19-25-17(23-15(20)13-9-5-3-6-10-13)18(26-19)24-16(21)14-11-7-4-8-12-14;2-1(3,4)5/h3-12H,2H2,1H3;/q+1;-1. The Morgan fingerprint density at radius 3 is 1.77 bits per heavy atom. The summed E-state index contributed by atoms with van der Waals surface area (Å²) in [7, 11) is -6.00. The van der Waals surface area contributed by atoms with Crippen molar-refractivity contribution >= 4 is 75.4 Å². The SMILES string of the molecule is CCSc1sc(SC(=O)c2ccccc2)c(SC(=O)c2ccccc2)[s+]1.F[B-](F)(F)F. The molecule has 0 unspecified atom stereocenters. The van der Waals surface area contributed by atoms with Crippen molar-refractivity contribution in [2.45, 2.75) is 18.9 Å². The second-order valence-electron chi connectivity index (χ2n) is 5.47. The molecule has 3 rings (SSSR count). The molecule has 164 valence electrons. The average Bonchev–Trinajstić information content (AvgIpc) is 3.09. The largest absolute Gasteiger partial charge is 0.673 e. The van der Waals surface area contributed by atoms with Gasteiger partial charge in [-0.15, -0.1) is 0 Å². The minimum Gasteiger partial charge on any atom is -0.418 e. The molecular formula is C19H15BF4O2S5. The van der Waals surface area contributed by atoms with Crippen LogP contribution in [0.1, 0.15) is 27.6 Å². The van der Waals surface area contributed by atoms with Crippen molar-refractivity contribution in [2.75, 3.05) is 5.75 Å². The maximum atomic E-state index is 12.6. The summed E-state index contributed by atoms with van der Waals surface area (Å²) in [5.74, 6) is 0.963. The van der Waals surface area contributed by atoms with Crippen LogP contribution in [0, 0.1) is 0 Å². The molecule has 0 saturated carbocycles. The summed E-state index contributed by atoms with van der Waals surface area (Å²) < 4.78 is 42.0. The minimum absolute atomic E-state index is 0.00158. The number of halogens is 4. The molecule has 0 spiro atoms. The van der Waals surface area contributed by atoms with Crippen LogP contribution in [-0.2, 0) is 0 Å². The van der Waals surface area contributed by atoms with Crippen molar-refractivity contribution in [3.8, 4) is 0 Å². The number of hydrogen-bond donors (Lipinski definition) is 0. The molecule has 0 bridgehead atoms. The van der Waals surface area contributed by atoms with E-state index in [2.05, 4.69) is 6.92 Å². The summed E-state index contributed by atoms with van der Waals surface area (Å²) in [6, 6.07) is 18.5. The fourth-order valence-corrected chi connectivity index (χ4v) is 8.97. The van der Waals surface area contributed by atoms with Gasteiger partial charge in [0.1, 0.15) is 22.7 Å². The molecule has 12 heteroatoms. The Kier molecular flexibility index (Phi) is 10.6. The lowest BCUT2D eigenvalue weighted by Crippen LogP contribution is -2.02. The predicted molar refractivity (Wildman–Crippen MR) is 126 cm³/mol. The van der Waals surface area contributed by atoms with Crippen LogP contribution in [0.4, 0.5) is 17.3 Å². The first-order valence-corrected chi connectivity index (χ1v) is 12.9. The molecular weight excluding hydrogens is 507 g/mol. The van der Waals surface area contributed by atoms with Crippen LogP contribution in [0.5, 0.6) is 0 Å². The summed E-state index contributed by atoms with van der Waals surface area (Å²) in [6.45, 7) is 2.10. The Labute approximate surface area is 198 Å². The summed E-state index contributed by atoms with van der Waals surface area (Å²) in [6.07, 6.45) is 0. The van der Waals surface area contributed by atoms with Crippen LogP contribution in [0.15, 0.2) is 72.6 Å². The zero-order valence-electron chi connectivity index (χ0n) is 15.9. The number of benzene rings is 2. The number of hydrogen-bond acceptors (Lipinski definition) is 6. The average molecular weight is 522 g/mol. The summed E-state index contributed by atoms with van der Waals surface area (Å²) >= 11 is 7.36. The Bertz CT molecular complexity index is 921. The highest BCUT2D eigenvalue weighted by atomic mass is 32.2. The molecule has 0 atom stereocenters. The monoisotopic (exact) mass is 522 g/mol. The Morgan fingerprint density at radius 2 is 1.32 bits per heavy atom. The smallest absolute Gasteiger partial charge is 0.418 e. The Hall–Kier alpha value is -1.34. The maximum Gasteiger partial charge on any atom is 0.673 e. The first kappa shape index (κ1) is 25.9. The molecule has 0 aliphatic carbocycles. The van der Waals surface area contributed by atoms with E-state index in [0.717, 1.165) is 14.2 Å². The molecule has 0 N–H and O–H groups in total. The quantitative estimate of drug-likeness (QED) is 0.141. The van der Waals surface area contributed by atoms with E-state index in [9.17, 15) is 26.9 Å². The van der Waals surface area contributed by atoms with E-state index in [1.54, 1.807) is 34.4 Å². The van der Waals surface area contributed by atoms with Crippen molar-refractivity contribution < 1.29 is 26.9 Å². The van der Waals surface area contributed by atoms with Crippen molar-refractivity contribution in [2.24, 2.45) is 0 Å². The Morgan fingerprint density at radius 1 is 0.871 bits per heavy atom. The van der Waals surface area contributed by atoms with Crippen molar-refractivity contribution in [1.82, 2.24) is 0 Å². The van der Waals surface area contributed by atoms with Crippen LogP contribution in [0.3, 0.4) is 0 Å². The molecule has 0 fully saturated rings. The lowest BCUT2D eigenvalue weighted by molar-refractivity contribution is 0.108. The summed E-state index contributed by atoms with van der Waals surface area (Å²) in [5.41, 5.74) is 1.34. The third-order valence-corrected chi connectivity index (χ3v) is 9.65. The van der Waals surface area contributed by atoms with E-state index in [4.69, 9.17) is 0 Å². The summed E-state index contributed by atoms with van der Waals surface area (Å²) in [4.78, 5) is 25.1. The van der Waals surface area contributed by atoms with E-state index < -0.39 is 7.25 Å². The van der Waals surface area contributed by atoms with Gasteiger partial charge in [-0.3, -0.25) is 9.59 Å².